The Labute approximate surface area is 204 Å². The van der Waals surface area contributed by atoms with Crippen LogP contribution in [0.5, 0.6) is 0 Å². The Morgan fingerprint density at radius 2 is 2.06 bits per heavy atom. The molecule has 0 aliphatic carbocycles. The Morgan fingerprint density at radius 3 is 2.69 bits per heavy atom. The molecule has 0 bridgehead atoms. The fourth-order valence-corrected chi connectivity index (χ4v) is 4.57. The van der Waals surface area contributed by atoms with Gasteiger partial charge in [0.15, 0.2) is 22.5 Å². The maximum absolute atomic E-state index is 14.3. The van der Waals surface area contributed by atoms with E-state index in [1.54, 1.807) is 5.38 Å². The molecule has 1 saturated heterocycles. The zero-order chi connectivity index (χ0) is 25.5. The molecule has 1 aliphatic heterocycles. The molecule has 1 atom stereocenters. The van der Waals surface area contributed by atoms with Crippen LogP contribution in [0.4, 0.5) is 17.6 Å². The molecule has 1 aromatic carbocycles. The van der Waals surface area contributed by atoms with E-state index >= 15 is 0 Å². The highest BCUT2D eigenvalue weighted by molar-refractivity contribution is 7.13. The molecule has 1 aliphatic rings. The van der Waals surface area contributed by atoms with Crippen LogP contribution in [0.25, 0.3) is 22.1 Å². The normalized spacial score (nSPS) is 17.5. The fraction of sp³-hybridized carbons (Fsp3) is 0.286. The monoisotopic (exact) mass is 530 g/mol. The Hall–Kier alpha value is -3.16. The number of thiazole rings is 1. The van der Waals surface area contributed by atoms with E-state index in [4.69, 9.17) is 16.3 Å². The minimum Gasteiger partial charge on any atom is -0.480 e. The number of ether oxygens (including phenoxy) is 1. The van der Waals surface area contributed by atoms with Gasteiger partial charge in [-0.3, -0.25) is 9.69 Å². The summed E-state index contributed by atoms with van der Waals surface area (Å²) in [6.45, 7) is -1.41. The van der Waals surface area contributed by atoms with Crippen LogP contribution in [0, 0.1) is 11.6 Å². The molecule has 4 rings (SSSR count). The van der Waals surface area contributed by atoms with Crippen molar-refractivity contribution in [1.29, 1.82) is 0 Å². The van der Waals surface area contributed by atoms with E-state index in [9.17, 15) is 32.3 Å². The summed E-state index contributed by atoms with van der Waals surface area (Å²) in [5, 5.41) is 10.6. The summed E-state index contributed by atoms with van der Waals surface area (Å²) in [6.07, 6.45) is 0.519. The SMILES string of the molecule is COC(=O)c1c(CN2CC(F)(F)C[C@H]2C(=O)O)nc(-c2nccs2)nc1-c1ccc(F)c(F)c1Cl. The standard InChI is InChI=1S/C21H15ClF4N4O4S/c1-34-20(33)13-11(7-30-8-21(25,26)6-12(30)19(31)32)28-17(18-27-4-5-35-18)29-16(13)9-2-3-10(23)15(24)14(9)22/h2-5,12H,6-8H2,1H3,(H,31,32)/t12-/m0/s1. The molecule has 0 radical (unpaired) electrons. The van der Waals surface area contributed by atoms with Gasteiger partial charge in [-0.05, 0) is 12.1 Å². The smallest absolute Gasteiger partial charge is 0.342 e. The molecule has 184 valence electrons. The predicted octanol–water partition coefficient (Wildman–Crippen LogP) is 4.28. The Morgan fingerprint density at radius 1 is 1.31 bits per heavy atom. The third-order valence-electron chi connectivity index (χ3n) is 5.29. The minimum atomic E-state index is -3.29. The van der Waals surface area contributed by atoms with Crippen molar-refractivity contribution in [2.45, 2.75) is 24.9 Å². The van der Waals surface area contributed by atoms with Gasteiger partial charge < -0.3 is 9.84 Å². The van der Waals surface area contributed by atoms with Crippen molar-refractivity contribution in [1.82, 2.24) is 19.9 Å². The van der Waals surface area contributed by atoms with Crippen molar-refractivity contribution in [3.8, 4) is 22.1 Å². The van der Waals surface area contributed by atoms with Crippen LogP contribution in [0.15, 0.2) is 23.7 Å². The number of likely N-dealkylation sites (tertiary alicyclic amines) is 1. The van der Waals surface area contributed by atoms with E-state index in [-0.39, 0.29) is 33.3 Å². The lowest BCUT2D eigenvalue weighted by atomic mass is 10.0. The molecule has 0 spiro atoms. The van der Waals surface area contributed by atoms with Gasteiger partial charge in [-0.25, -0.2) is 37.3 Å². The number of carboxylic acid groups (broad SMARTS) is 1. The summed E-state index contributed by atoms with van der Waals surface area (Å²) in [5.74, 6) is -8.46. The zero-order valence-electron chi connectivity index (χ0n) is 17.8. The summed E-state index contributed by atoms with van der Waals surface area (Å²) >= 11 is 7.15. The molecule has 0 unspecified atom stereocenters. The van der Waals surface area contributed by atoms with Crippen molar-refractivity contribution < 1.29 is 37.0 Å². The molecule has 3 heterocycles. The van der Waals surface area contributed by atoms with Gasteiger partial charge in [0.2, 0.25) is 0 Å². The molecule has 2 aromatic heterocycles. The van der Waals surface area contributed by atoms with Gasteiger partial charge >= 0.3 is 11.9 Å². The third kappa shape index (κ3) is 4.83. The average Bonchev–Trinajstić information content (AvgIpc) is 3.44. The summed E-state index contributed by atoms with van der Waals surface area (Å²) in [4.78, 5) is 38.0. The van der Waals surface area contributed by atoms with E-state index in [1.165, 1.54) is 6.20 Å². The number of aliphatic carboxylic acids is 1. The fourth-order valence-electron chi connectivity index (χ4n) is 3.76. The summed E-state index contributed by atoms with van der Waals surface area (Å²) in [7, 11) is 1.04. The van der Waals surface area contributed by atoms with Gasteiger partial charge in [-0.15, -0.1) is 11.3 Å². The van der Waals surface area contributed by atoms with Gasteiger partial charge in [0.05, 0.1) is 30.1 Å². The second kappa shape index (κ2) is 9.47. The second-order valence-corrected chi connectivity index (χ2v) is 8.86. The highest BCUT2D eigenvalue weighted by Crippen LogP contribution is 2.37. The molecular formula is C21H15ClF4N4O4S. The molecular weight excluding hydrogens is 516 g/mol. The van der Waals surface area contributed by atoms with Crippen LogP contribution >= 0.6 is 22.9 Å². The van der Waals surface area contributed by atoms with E-state index < -0.39 is 60.1 Å². The highest BCUT2D eigenvalue weighted by atomic mass is 35.5. The molecule has 3 aromatic rings. The van der Waals surface area contributed by atoms with E-state index in [0.29, 0.717) is 0 Å². The lowest BCUT2D eigenvalue weighted by molar-refractivity contribution is -0.142. The van der Waals surface area contributed by atoms with E-state index in [0.717, 1.165) is 35.5 Å². The average molecular weight is 531 g/mol. The zero-order valence-corrected chi connectivity index (χ0v) is 19.3. The van der Waals surface area contributed by atoms with E-state index in [1.807, 2.05) is 0 Å². The van der Waals surface area contributed by atoms with E-state index in [2.05, 4.69) is 15.0 Å². The first-order chi connectivity index (χ1) is 16.5. The maximum Gasteiger partial charge on any atom is 0.342 e. The Kier molecular flexibility index (Phi) is 6.75. The Bertz CT molecular complexity index is 1310. The first-order valence-electron chi connectivity index (χ1n) is 9.90. The molecule has 0 amide bonds. The van der Waals surface area contributed by atoms with Crippen LogP contribution in [0.1, 0.15) is 22.5 Å². The summed E-state index contributed by atoms with van der Waals surface area (Å²) < 4.78 is 61.0. The number of hydrogen-bond donors (Lipinski definition) is 1. The van der Waals surface area contributed by atoms with Crippen molar-refractivity contribution >= 4 is 34.9 Å². The number of carbonyl (C=O) groups excluding carboxylic acids is 1. The number of alkyl halides is 2. The lowest BCUT2D eigenvalue weighted by Gasteiger charge is -2.22. The number of aromatic nitrogens is 3. The maximum atomic E-state index is 14.3. The minimum absolute atomic E-state index is 0.0590. The molecule has 35 heavy (non-hydrogen) atoms. The van der Waals surface area contributed by atoms with Crippen LogP contribution in [0.2, 0.25) is 5.02 Å². The predicted molar refractivity (Wildman–Crippen MR) is 116 cm³/mol. The van der Waals surface area contributed by atoms with Gasteiger partial charge in [0.25, 0.3) is 5.92 Å². The van der Waals surface area contributed by atoms with Crippen LogP contribution in [-0.4, -0.2) is 62.5 Å². The lowest BCUT2D eigenvalue weighted by Crippen LogP contribution is -2.36. The van der Waals surface area contributed by atoms with Crippen molar-refractivity contribution in [3.63, 3.8) is 0 Å². The molecule has 1 fully saturated rings. The topological polar surface area (TPSA) is 106 Å². The number of rotatable bonds is 6. The van der Waals surface area contributed by atoms with Gasteiger partial charge in [-0.1, -0.05) is 11.6 Å². The number of hydrogen-bond acceptors (Lipinski definition) is 8. The number of carbonyl (C=O) groups is 2. The van der Waals surface area contributed by atoms with Gasteiger partial charge in [-0.2, -0.15) is 0 Å². The quantitative estimate of drug-likeness (QED) is 0.286. The number of methoxy groups -OCH3 is 1. The van der Waals surface area contributed by atoms with Crippen molar-refractivity contribution in [2.75, 3.05) is 13.7 Å². The molecule has 1 N–H and O–H groups in total. The number of esters is 1. The third-order valence-corrected chi connectivity index (χ3v) is 6.43. The number of benzene rings is 1. The summed E-state index contributed by atoms with van der Waals surface area (Å²) in [5.41, 5.74) is -0.973. The largest absolute Gasteiger partial charge is 0.480 e. The van der Waals surface area contributed by atoms with Gasteiger partial charge in [0.1, 0.15) is 11.6 Å². The number of halogens is 5. The molecule has 0 saturated carbocycles. The number of carboxylic acids is 1. The van der Waals surface area contributed by atoms with Crippen molar-refractivity contribution in [3.05, 3.63) is 51.6 Å². The highest BCUT2D eigenvalue weighted by Gasteiger charge is 2.48. The van der Waals surface area contributed by atoms with Gasteiger partial charge in [0, 0.05) is 30.1 Å². The van der Waals surface area contributed by atoms with Crippen LogP contribution in [0.3, 0.4) is 0 Å². The van der Waals surface area contributed by atoms with Crippen molar-refractivity contribution in [2.24, 2.45) is 0 Å². The van der Waals surface area contributed by atoms with Crippen LogP contribution in [-0.2, 0) is 16.1 Å². The van der Waals surface area contributed by atoms with Crippen LogP contribution < -0.4 is 0 Å². The molecule has 8 nitrogen and oxygen atoms in total. The summed E-state index contributed by atoms with van der Waals surface area (Å²) in [6, 6.07) is 0.322. The molecule has 14 heteroatoms. The number of nitrogens with zero attached hydrogens (tertiary/aromatic N) is 4. The first kappa shape index (κ1) is 24.9. The second-order valence-electron chi connectivity index (χ2n) is 7.59. The Balaban J connectivity index is 1.96. The first-order valence-corrected chi connectivity index (χ1v) is 11.2.